The van der Waals surface area contributed by atoms with Crippen molar-refractivity contribution in [3.05, 3.63) is 16.1 Å². The predicted octanol–water partition coefficient (Wildman–Crippen LogP) is 1.26. The highest BCUT2D eigenvalue weighted by Crippen LogP contribution is 2.18. The molecule has 2 unspecified atom stereocenters. The Hall–Kier alpha value is -1.47. The fourth-order valence-corrected chi connectivity index (χ4v) is 2.26. The van der Waals surface area contributed by atoms with Crippen molar-refractivity contribution in [3.8, 4) is 0 Å². The lowest BCUT2D eigenvalue weighted by atomic mass is 10.1. The van der Waals surface area contributed by atoms with E-state index in [1.165, 1.54) is 16.7 Å². The number of aromatic nitrogens is 1. The zero-order chi connectivity index (χ0) is 14.4. The van der Waals surface area contributed by atoms with Gasteiger partial charge in [0.1, 0.15) is 5.01 Å². The number of carbonyl (C=O) groups is 2. The van der Waals surface area contributed by atoms with Crippen molar-refractivity contribution in [2.24, 2.45) is 5.92 Å². The third-order valence-corrected chi connectivity index (χ3v) is 3.65. The summed E-state index contributed by atoms with van der Waals surface area (Å²) in [5, 5.41) is 16.8. The molecule has 0 aliphatic heterocycles. The summed E-state index contributed by atoms with van der Waals surface area (Å²) in [6.07, 6.45) is 0. The summed E-state index contributed by atoms with van der Waals surface area (Å²) in [6.45, 7) is 7.06. The molecule has 0 spiro atoms. The molecule has 3 N–H and O–H groups in total. The molecule has 0 radical (unpaired) electrons. The smallest absolute Gasteiger partial charge is 0.355 e. The summed E-state index contributed by atoms with van der Waals surface area (Å²) in [4.78, 5) is 26.6. The van der Waals surface area contributed by atoms with Gasteiger partial charge in [-0.3, -0.25) is 4.79 Å². The fourth-order valence-electron chi connectivity index (χ4n) is 1.46. The van der Waals surface area contributed by atoms with Crippen molar-refractivity contribution in [1.29, 1.82) is 0 Å². The van der Waals surface area contributed by atoms with Crippen LogP contribution in [0, 0.1) is 5.92 Å². The van der Waals surface area contributed by atoms with Gasteiger partial charge in [0, 0.05) is 17.8 Å². The third kappa shape index (κ3) is 4.60. The second-order valence-electron chi connectivity index (χ2n) is 4.32. The Kier molecular flexibility index (Phi) is 5.91. The van der Waals surface area contributed by atoms with E-state index >= 15 is 0 Å². The van der Waals surface area contributed by atoms with E-state index in [-0.39, 0.29) is 23.6 Å². The van der Waals surface area contributed by atoms with Crippen LogP contribution >= 0.6 is 11.3 Å². The Labute approximate surface area is 116 Å². The third-order valence-electron chi connectivity index (χ3n) is 2.62. The number of rotatable bonds is 7. The minimum absolute atomic E-state index is 0.0156. The molecule has 6 nitrogen and oxygen atoms in total. The summed E-state index contributed by atoms with van der Waals surface area (Å²) >= 11 is 1.24. The zero-order valence-corrected chi connectivity index (χ0v) is 12.1. The van der Waals surface area contributed by atoms with Gasteiger partial charge in [-0.2, -0.15) is 0 Å². The van der Waals surface area contributed by atoms with Gasteiger partial charge < -0.3 is 15.7 Å². The lowest BCUT2D eigenvalue weighted by Gasteiger charge is -2.16. The van der Waals surface area contributed by atoms with E-state index in [2.05, 4.69) is 15.6 Å². The Morgan fingerprint density at radius 2 is 2.16 bits per heavy atom. The lowest BCUT2D eigenvalue weighted by Crippen LogP contribution is -2.36. The summed E-state index contributed by atoms with van der Waals surface area (Å²) in [5.41, 5.74) is 0.0156. The lowest BCUT2D eigenvalue weighted by molar-refractivity contribution is -0.125. The van der Waals surface area contributed by atoms with E-state index in [9.17, 15) is 9.59 Å². The standard InChI is InChI=1S/C12H19N3O3S/c1-4-13-5-7(2)10(16)14-8(3)11-15-9(6-19-11)12(17)18/h6-8,13H,4-5H2,1-3H3,(H,14,16)(H,17,18). The summed E-state index contributed by atoms with van der Waals surface area (Å²) in [6, 6.07) is -0.283. The van der Waals surface area contributed by atoms with Crippen molar-refractivity contribution >= 4 is 23.2 Å². The zero-order valence-electron chi connectivity index (χ0n) is 11.3. The number of hydrogen-bond donors (Lipinski definition) is 3. The number of amides is 1. The van der Waals surface area contributed by atoms with Crippen molar-refractivity contribution in [2.45, 2.75) is 26.8 Å². The highest BCUT2D eigenvalue weighted by molar-refractivity contribution is 7.09. The SMILES string of the molecule is CCNCC(C)C(=O)NC(C)c1nc(C(=O)O)cs1. The molecule has 7 heteroatoms. The average Bonchev–Trinajstić information content (AvgIpc) is 2.85. The highest BCUT2D eigenvalue weighted by atomic mass is 32.1. The number of thiazole rings is 1. The van der Waals surface area contributed by atoms with E-state index in [1.54, 1.807) is 6.92 Å². The first-order valence-electron chi connectivity index (χ1n) is 6.15. The van der Waals surface area contributed by atoms with E-state index in [4.69, 9.17) is 5.11 Å². The Balaban J connectivity index is 2.55. The predicted molar refractivity (Wildman–Crippen MR) is 73.3 cm³/mol. The molecule has 0 bridgehead atoms. The molecular formula is C12H19N3O3S. The monoisotopic (exact) mass is 285 g/mol. The Morgan fingerprint density at radius 3 is 2.68 bits per heavy atom. The van der Waals surface area contributed by atoms with Crippen LogP contribution in [-0.4, -0.2) is 35.1 Å². The maximum Gasteiger partial charge on any atom is 0.355 e. The molecule has 0 aliphatic rings. The molecule has 0 aliphatic carbocycles. The number of carboxylic acid groups (broad SMARTS) is 1. The maximum absolute atomic E-state index is 11.9. The maximum atomic E-state index is 11.9. The summed E-state index contributed by atoms with van der Waals surface area (Å²) < 4.78 is 0. The molecule has 0 saturated carbocycles. The molecule has 1 amide bonds. The molecular weight excluding hydrogens is 266 g/mol. The minimum atomic E-state index is -1.05. The normalized spacial score (nSPS) is 13.8. The van der Waals surface area contributed by atoms with Crippen molar-refractivity contribution in [2.75, 3.05) is 13.1 Å². The molecule has 0 aromatic carbocycles. The van der Waals surface area contributed by atoms with Gasteiger partial charge in [0.15, 0.2) is 5.69 Å². The van der Waals surface area contributed by atoms with E-state index in [0.717, 1.165) is 6.54 Å². The molecule has 0 saturated heterocycles. The number of nitrogens with one attached hydrogen (secondary N) is 2. The molecule has 1 heterocycles. The van der Waals surface area contributed by atoms with Crippen molar-refractivity contribution < 1.29 is 14.7 Å². The van der Waals surface area contributed by atoms with Crippen LogP contribution in [0.1, 0.15) is 42.3 Å². The molecule has 19 heavy (non-hydrogen) atoms. The number of nitrogens with zero attached hydrogens (tertiary/aromatic N) is 1. The number of hydrogen-bond acceptors (Lipinski definition) is 5. The first-order chi connectivity index (χ1) is 8.95. The first-order valence-corrected chi connectivity index (χ1v) is 7.03. The van der Waals surface area contributed by atoms with Crippen LogP contribution in [-0.2, 0) is 4.79 Å². The molecule has 106 valence electrons. The number of carbonyl (C=O) groups excluding carboxylic acids is 1. The topological polar surface area (TPSA) is 91.3 Å². The van der Waals surface area contributed by atoms with Gasteiger partial charge in [0.05, 0.1) is 6.04 Å². The minimum Gasteiger partial charge on any atom is -0.476 e. The van der Waals surface area contributed by atoms with Crippen LogP contribution in [0.5, 0.6) is 0 Å². The second kappa shape index (κ2) is 7.20. The van der Waals surface area contributed by atoms with Gasteiger partial charge in [-0.25, -0.2) is 9.78 Å². The van der Waals surface area contributed by atoms with Gasteiger partial charge >= 0.3 is 5.97 Å². The van der Waals surface area contributed by atoms with E-state index in [1.807, 2.05) is 13.8 Å². The number of aromatic carboxylic acids is 1. The first kappa shape index (κ1) is 15.6. The fraction of sp³-hybridized carbons (Fsp3) is 0.583. The van der Waals surface area contributed by atoms with Gasteiger partial charge in [0.2, 0.25) is 5.91 Å². The average molecular weight is 285 g/mol. The second-order valence-corrected chi connectivity index (χ2v) is 5.20. The number of carboxylic acids is 1. The van der Waals surface area contributed by atoms with Crippen molar-refractivity contribution in [1.82, 2.24) is 15.6 Å². The quantitative estimate of drug-likeness (QED) is 0.701. The molecule has 2 atom stereocenters. The van der Waals surface area contributed by atoms with Crippen molar-refractivity contribution in [3.63, 3.8) is 0 Å². The van der Waals surface area contributed by atoms with Crippen LogP contribution in [0.4, 0.5) is 0 Å². The van der Waals surface area contributed by atoms with Gasteiger partial charge in [-0.15, -0.1) is 11.3 Å². The molecule has 1 aromatic rings. The van der Waals surface area contributed by atoms with Gasteiger partial charge in [0.25, 0.3) is 0 Å². The van der Waals surface area contributed by atoms with Gasteiger partial charge in [-0.05, 0) is 13.5 Å². The van der Waals surface area contributed by atoms with Crippen LogP contribution in [0.25, 0.3) is 0 Å². The summed E-state index contributed by atoms with van der Waals surface area (Å²) in [7, 11) is 0. The van der Waals surface area contributed by atoms with Gasteiger partial charge in [-0.1, -0.05) is 13.8 Å². The molecule has 1 aromatic heterocycles. The molecule has 0 fully saturated rings. The Bertz CT molecular complexity index is 447. The largest absolute Gasteiger partial charge is 0.476 e. The highest BCUT2D eigenvalue weighted by Gasteiger charge is 2.18. The van der Waals surface area contributed by atoms with Crippen LogP contribution in [0.15, 0.2) is 5.38 Å². The van der Waals surface area contributed by atoms with E-state index in [0.29, 0.717) is 11.6 Å². The summed E-state index contributed by atoms with van der Waals surface area (Å²) in [5.74, 6) is -1.26. The van der Waals surface area contributed by atoms with E-state index < -0.39 is 5.97 Å². The molecule has 1 rings (SSSR count). The van der Waals surface area contributed by atoms with Crippen LogP contribution in [0.2, 0.25) is 0 Å². The van der Waals surface area contributed by atoms with Crippen LogP contribution < -0.4 is 10.6 Å². The van der Waals surface area contributed by atoms with Crippen LogP contribution in [0.3, 0.4) is 0 Å². The Morgan fingerprint density at radius 1 is 1.47 bits per heavy atom.